The molecule has 0 aromatic carbocycles. The second-order valence-electron chi connectivity index (χ2n) is 5.58. The zero-order valence-corrected chi connectivity index (χ0v) is 13.1. The van der Waals surface area contributed by atoms with Crippen molar-refractivity contribution in [3.8, 4) is 0 Å². The number of aromatic nitrogens is 3. The van der Waals surface area contributed by atoms with Crippen LogP contribution in [0.25, 0.3) is 0 Å². The van der Waals surface area contributed by atoms with Gasteiger partial charge in [0.05, 0.1) is 0 Å². The van der Waals surface area contributed by atoms with Crippen molar-refractivity contribution in [2.75, 3.05) is 49.4 Å². The maximum atomic E-state index is 5.42. The monoisotopic (exact) mass is 294 g/mol. The van der Waals surface area contributed by atoms with Crippen LogP contribution in [0, 0.1) is 0 Å². The standard InChI is InChI=1S/C13H26N8/c1-4-7-21-8-5-10(6-9-21)15-11-16-12(19-14)18-13(17-11)20(2)3/h10H,4-9,14H2,1-3H3,(H2,15,16,17,18,19). The third-order valence-corrected chi connectivity index (χ3v) is 3.61. The van der Waals surface area contributed by atoms with Gasteiger partial charge in [-0.25, -0.2) is 5.84 Å². The van der Waals surface area contributed by atoms with Crippen LogP contribution >= 0.6 is 0 Å². The van der Waals surface area contributed by atoms with Gasteiger partial charge < -0.3 is 15.1 Å². The molecular weight excluding hydrogens is 268 g/mol. The predicted molar refractivity (Wildman–Crippen MR) is 85.3 cm³/mol. The van der Waals surface area contributed by atoms with Crippen LogP contribution in [0.4, 0.5) is 17.8 Å². The van der Waals surface area contributed by atoms with Crippen molar-refractivity contribution in [3.05, 3.63) is 0 Å². The van der Waals surface area contributed by atoms with Crippen LogP contribution in [-0.2, 0) is 0 Å². The minimum absolute atomic E-state index is 0.375. The van der Waals surface area contributed by atoms with Crippen LogP contribution in [0.5, 0.6) is 0 Å². The fraction of sp³-hybridized carbons (Fsp3) is 0.769. The Bertz CT molecular complexity index is 442. The van der Waals surface area contributed by atoms with Gasteiger partial charge in [-0.05, 0) is 25.8 Å². The molecule has 8 heteroatoms. The lowest BCUT2D eigenvalue weighted by atomic mass is 10.1. The van der Waals surface area contributed by atoms with Gasteiger partial charge in [-0.2, -0.15) is 15.0 Å². The van der Waals surface area contributed by atoms with Gasteiger partial charge in [0.15, 0.2) is 0 Å². The molecule has 0 bridgehead atoms. The van der Waals surface area contributed by atoms with E-state index in [1.807, 2.05) is 19.0 Å². The normalized spacial score (nSPS) is 16.8. The number of hydrogen-bond donors (Lipinski definition) is 3. The first kappa shape index (κ1) is 15.7. The average Bonchev–Trinajstić information content (AvgIpc) is 2.49. The van der Waals surface area contributed by atoms with E-state index in [0.29, 0.717) is 23.9 Å². The predicted octanol–water partition coefficient (Wildman–Crippen LogP) is 0.510. The summed E-state index contributed by atoms with van der Waals surface area (Å²) in [6.07, 6.45) is 3.42. The minimum Gasteiger partial charge on any atom is -0.351 e. The van der Waals surface area contributed by atoms with Crippen LogP contribution in [0.15, 0.2) is 0 Å². The van der Waals surface area contributed by atoms with E-state index in [-0.39, 0.29) is 0 Å². The topological polar surface area (TPSA) is 95.2 Å². The van der Waals surface area contributed by atoms with E-state index in [0.717, 1.165) is 25.9 Å². The summed E-state index contributed by atoms with van der Waals surface area (Å²) in [6.45, 7) is 5.65. The first-order valence-electron chi connectivity index (χ1n) is 7.51. The molecule has 1 aliphatic rings. The summed E-state index contributed by atoms with van der Waals surface area (Å²) in [5.41, 5.74) is 2.49. The van der Waals surface area contributed by atoms with E-state index >= 15 is 0 Å². The average molecular weight is 294 g/mol. The van der Waals surface area contributed by atoms with Gasteiger partial charge in [-0.3, -0.25) is 5.43 Å². The first-order chi connectivity index (χ1) is 10.1. The van der Waals surface area contributed by atoms with Gasteiger partial charge in [0.25, 0.3) is 0 Å². The molecule has 0 saturated carbocycles. The van der Waals surface area contributed by atoms with Crippen molar-refractivity contribution in [3.63, 3.8) is 0 Å². The van der Waals surface area contributed by atoms with Crippen LogP contribution in [0.1, 0.15) is 26.2 Å². The number of likely N-dealkylation sites (tertiary alicyclic amines) is 1. The Kier molecular flexibility index (Phi) is 5.51. The molecule has 1 fully saturated rings. The molecule has 0 atom stereocenters. The Morgan fingerprint density at radius 1 is 1.19 bits per heavy atom. The molecule has 0 spiro atoms. The van der Waals surface area contributed by atoms with Crippen LogP contribution in [0.3, 0.4) is 0 Å². The second-order valence-corrected chi connectivity index (χ2v) is 5.58. The number of anilines is 3. The summed E-state index contributed by atoms with van der Waals surface area (Å²) < 4.78 is 0. The Balaban J connectivity index is 1.98. The molecule has 4 N–H and O–H groups in total. The Labute approximate surface area is 126 Å². The Hall–Kier alpha value is -1.67. The second kappa shape index (κ2) is 7.37. The molecule has 21 heavy (non-hydrogen) atoms. The summed E-state index contributed by atoms with van der Waals surface area (Å²) in [4.78, 5) is 17.2. The van der Waals surface area contributed by atoms with Crippen molar-refractivity contribution in [2.45, 2.75) is 32.2 Å². The fourth-order valence-corrected chi connectivity index (χ4v) is 2.49. The van der Waals surface area contributed by atoms with Gasteiger partial charge in [0.2, 0.25) is 17.8 Å². The van der Waals surface area contributed by atoms with E-state index in [1.165, 1.54) is 13.0 Å². The highest BCUT2D eigenvalue weighted by Crippen LogP contribution is 2.16. The Morgan fingerprint density at radius 3 is 2.43 bits per heavy atom. The van der Waals surface area contributed by atoms with E-state index in [2.05, 4.69) is 37.5 Å². The van der Waals surface area contributed by atoms with Crippen LogP contribution in [0.2, 0.25) is 0 Å². The maximum absolute atomic E-state index is 5.42. The number of nitrogen functional groups attached to an aromatic ring is 1. The van der Waals surface area contributed by atoms with Crippen LogP contribution in [-0.4, -0.2) is 59.6 Å². The van der Waals surface area contributed by atoms with E-state index in [9.17, 15) is 0 Å². The van der Waals surface area contributed by atoms with E-state index in [4.69, 9.17) is 5.84 Å². The maximum Gasteiger partial charge on any atom is 0.243 e. The van der Waals surface area contributed by atoms with Gasteiger partial charge in [-0.1, -0.05) is 6.92 Å². The van der Waals surface area contributed by atoms with E-state index < -0.39 is 0 Å². The molecule has 0 unspecified atom stereocenters. The number of hydrazine groups is 1. The molecule has 118 valence electrons. The molecule has 8 nitrogen and oxygen atoms in total. The highest BCUT2D eigenvalue weighted by atomic mass is 15.4. The summed E-state index contributed by atoms with van der Waals surface area (Å²) in [5.74, 6) is 6.96. The minimum atomic E-state index is 0.375. The number of nitrogens with zero attached hydrogens (tertiary/aromatic N) is 5. The molecule has 0 radical (unpaired) electrons. The smallest absolute Gasteiger partial charge is 0.243 e. The highest BCUT2D eigenvalue weighted by Gasteiger charge is 2.19. The van der Waals surface area contributed by atoms with Crippen molar-refractivity contribution in [1.29, 1.82) is 0 Å². The summed E-state index contributed by atoms with van der Waals surface area (Å²) in [6, 6.07) is 0.404. The number of piperidine rings is 1. The molecular formula is C13H26N8. The van der Waals surface area contributed by atoms with Gasteiger partial charge in [0.1, 0.15) is 0 Å². The summed E-state index contributed by atoms with van der Waals surface area (Å²) in [7, 11) is 3.78. The van der Waals surface area contributed by atoms with Gasteiger partial charge in [-0.15, -0.1) is 0 Å². The van der Waals surface area contributed by atoms with Crippen molar-refractivity contribution < 1.29 is 0 Å². The lowest BCUT2D eigenvalue weighted by Gasteiger charge is -2.32. The number of hydrogen-bond acceptors (Lipinski definition) is 8. The van der Waals surface area contributed by atoms with Crippen LogP contribution < -0.4 is 21.5 Å². The zero-order chi connectivity index (χ0) is 15.2. The largest absolute Gasteiger partial charge is 0.351 e. The highest BCUT2D eigenvalue weighted by molar-refractivity contribution is 5.42. The zero-order valence-electron chi connectivity index (χ0n) is 13.1. The molecule has 2 rings (SSSR count). The molecule has 1 aromatic heterocycles. The molecule has 1 aliphatic heterocycles. The van der Waals surface area contributed by atoms with Crippen molar-refractivity contribution >= 4 is 17.8 Å². The van der Waals surface area contributed by atoms with Crippen molar-refractivity contribution in [2.24, 2.45) is 5.84 Å². The summed E-state index contributed by atoms with van der Waals surface area (Å²) in [5, 5.41) is 3.40. The SMILES string of the molecule is CCCN1CCC(Nc2nc(NN)nc(N(C)C)n2)CC1. The Morgan fingerprint density at radius 2 is 1.86 bits per heavy atom. The fourth-order valence-electron chi connectivity index (χ4n) is 2.49. The third kappa shape index (κ3) is 4.40. The van der Waals surface area contributed by atoms with Crippen molar-refractivity contribution in [1.82, 2.24) is 19.9 Å². The molecule has 0 aliphatic carbocycles. The number of nitrogens with two attached hydrogens (primary N) is 1. The third-order valence-electron chi connectivity index (χ3n) is 3.61. The molecule has 2 heterocycles. The molecule has 1 aromatic rings. The number of nitrogens with one attached hydrogen (secondary N) is 2. The van der Waals surface area contributed by atoms with Gasteiger partial charge in [0, 0.05) is 33.2 Å². The molecule has 0 amide bonds. The lowest BCUT2D eigenvalue weighted by Crippen LogP contribution is -2.39. The first-order valence-corrected chi connectivity index (χ1v) is 7.51. The van der Waals surface area contributed by atoms with E-state index in [1.54, 1.807) is 0 Å². The van der Waals surface area contributed by atoms with Gasteiger partial charge >= 0.3 is 0 Å². The molecule has 1 saturated heterocycles. The summed E-state index contributed by atoms with van der Waals surface area (Å²) >= 11 is 0. The quantitative estimate of drug-likeness (QED) is 0.516. The number of rotatable bonds is 6. The lowest BCUT2D eigenvalue weighted by molar-refractivity contribution is 0.219.